The van der Waals surface area contributed by atoms with Crippen molar-refractivity contribution in [2.45, 2.75) is 44.8 Å². The summed E-state index contributed by atoms with van der Waals surface area (Å²) in [5.74, 6) is 2.28. The van der Waals surface area contributed by atoms with Crippen LogP contribution < -0.4 is 0 Å². The predicted octanol–water partition coefficient (Wildman–Crippen LogP) is -0.530. The van der Waals surface area contributed by atoms with Gasteiger partial charge in [-0.05, 0) is 32.9 Å². The van der Waals surface area contributed by atoms with Gasteiger partial charge in [0.2, 0.25) is 0 Å². The van der Waals surface area contributed by atoms with E-state index in [1.807, 2.05) is 0 Å². The number of aliphatic hydroxyl groups is 2. The smallest absolute Gasteiger partial charge is 0.154 e. The molecule has 3 rings (SSSR count). The second-order valence-electron chi connectivity index (χ2n) is 6.14. The van der Waals surface area contributed by atoms with Gasteiger partial charge in [-0.2, -0.15) is 5.10 Å². The van der Waals surface area contributed by atoms with Gasteiger partial charge in [0.15, 0.2) is 5.82 Å². The number of aromatic nitrogens is 6. The lowest BCUT2D eigenvalue weighted by Gasteiger charge is -2.35. The Balaban J connectivity index is 1.68. The van der Waals surface area contributed by atoms with Crippen LogP contribution >= 0.6 is 0 Å². The molecule has 132 valence electrons. The average molecular weight is 335 g/mol. The van der Waals surface area contributed by atoms with Crippen LogP contribution in [0.15, 0.2) is 12.7 Å². The van der Waals surface area contributed by atoms with Crippen molar-refractivity contribution in [1.29, 1.82) is 0 Å². The predicted molar refractivity (Wildman–Crippen MR) is 86.3 cm³/mol. The molecule has 2 aromatic rings. The Morgan fingerprint density at radius 3 is 2.54 bits per heavy atom. The second-order valence-corrected chi connectivity index (χ2v) is 6.14. The maximum atomic E-state index is 9.33. The Morgan fingerprint density at radius 1 is 1.21 bits per heavy atom. The molecule has 2 aromatic heterocycles. The first-order chi connectivity index (χ1) is 11.8. The first-order valence-corrected chi connectivity index (χ1v) is 8.47. The number of aliphatic hydroxyl groups excluding tert-OH is 2. The molecule has 24 heavy (non-hydrogen) atoms. The van der Waals surface area contributed by atoms with Gasteiger partial charge in [-0.1, -0.05) is 0 Å². The summed E-state index contributed by atoms with van der Waals surface area (Å²) in [5.41, 5.74) is 0. The van der Waals surface area contributed by atoms with Crippen molar-refractivity contribution < 1.29 is 10.2 Å². The molecule has 0 unspecified atom stereocenters. The number of hydrogen-bond donors (Lipinski definition) is 2. The van der Waals surface area contributed by atoms with Gasteiger partial charge in [0, 0.05) is 12.5 Å². The molecule has 9 heteroatoms. The molecule has 0 bridgehead atoms. The van der Waals surface area contributed by atoms with Crippen LogP contribution in [0.5, 0.6) is 0 Å². The highest BCUT2D eigenvalue weighted by atomic mass is 16.3. The molecule has 0 aliphatic carbocycles. The molecule has 1 aliphatic rings. The maximum absolute atomic E-state index is 9.33. The van der Waals surface area contributed by atoms with E-state index >= 15 is 0 Å². The summed E-state index contributed by atoms with van der Waals surface area (Å²) in [5, 5.41) is 31.6. The van der Waals surface area contributed by atoms with Crippen molar-refractivity contribution in [3.05, 3.63) is 24.3 Å². The van der Waals surface area contributed by atoms with Gasteiger partial charge < -0.3 is 14.8 Å². The Labute approximate surface area is 140 Å². The maximum Gasteiger partial charge on any atom is 0.154 e. The highest BCUT2D eigenvalue weighted by Crippen LogP contribution is 2.28. The van der Waals surface area contributed by atoms with Crippen molar-refractivity contribution in [3.8, 4) is 0 Å². The minimum atomic E-state index is -0.155. The van der Waals surface area contributed by atoms with Crippen molar-refractivity contribution in [1.82, 2.24) is 34.4 Å². The topological polar surface area (TPSA) is 105 Å². The molecular formula is C15H25N7O2. The summed E-state index contributed by atoms with van der Waals surface area (Å²) in [6, 6.07) is -0.155. The highest BCUT2D eigenvalue weighted by molar-refractivity contribution is 5.04. The van der Waals surface area contributed by atoms with Gasteiger partial charge in [-0.3, -0.25) is 4.90 Å². The van der Waals surface area contributed by atoms with E-state index in [1.165, 1.54) is 6.33 Å². The molecule has 2 N–H and O–H groups in total. The fourth-order valence-corrected chi connectivity index (χ4v) is 3.38. The lowest BCUT2D eigenvalue weighted by atomic mass is 9.95. The lowest BCUT2D eigenvalue weighted by Crippen LogP contribution is -2.45. The minimum Gasteiger partial charge on any atom is -0.395 e. The molecule has 0 spiro atoms. The summed E-state index contributed by atoms with van der Waals surface area (Å²) in [7, 11) is 0. The lowest BCUT2D eigenvalue weighted by molar-refractivity contribution is 0.0560. The highest BCUT2D eigenvalue weighted by Gasteiger charge is 2.28. The molecule has 0 aromatic carbocycles. The largest absolute Gasteiger partial charge is 0.395 e. The van der Waals surface area contributed by atoms with E-state index in [2.05, 4.69) is 36.7 Å². The SMILES string of the molecule is CCn1c(Cn2cncn2)nnc1C1CCN(C(CO)CO)CC1. The molecule has 1 fully saturated rings. The number of hydrogen-bond acceptors (Lipinski definition) is 7. The molecule has 1 aliphatic heterocycles. The van der Waals surface area contributed by atoms with Gasteiger partial charge in [0.1, 0.15) is 25.0 Å². The molecule has 0 radical (unpaired) electrons. The van der Waals surface area contributed by atoms with Crippen molar-refractivity contribution >= 4 is 0 Å². The summed E-state index contributed by atoms with van der Waals surface area (Å²) in [6.45, 7) is 5.18. The zero-order valence-electron chi connectivity index (χ0n) is 14.0. The number of piperidine rings is 1. The van der Waals surface area contributed by atoms with E-state index in [9.17, 15) is 10.2 Å². The number of rotatable bonds is 7. The third kappa shape index (κ3) is 3.47. The molecule has 0 amide bonds. The van der Waals surface area contributed by atoms with E-state index < -0.39 is 0 Å². The Kier molecular flexibility index (Phi) is 5.54. The third-order valence-electron chi connectivity index (χ3n) is 4.77. The van der Waals surface area contributed by atoms with Crippen molar-refractivity contribution in [3.63, 3.8) is 0 Å². The first kappa shape index (κ1) is 17.0. The summed E-state index contributed by atoms with van der Waals surface area (Å²) in [6.07, 6.45) is 5.11. The summed E-state index contributed by atoms with van der Waals surface area (Å²) >= 11 is 0. The van der Waals surface area contributed by atoms with Gasteiger partial charge in [0.05, 0.1) is 19.3 Å². The van der Waals surface area contributed by atoms with Gasteiger partial charge in [-0.25, -0.2) is 9.67 Å². The molecular weight excluding hydrogens is 310 g/mol. The Morgan fingerprint density at radius 2 is 1.96 bits per heavy atom. The van der Waals surface area contributed by atoms with Crippen molar-refractivity contribution in [2.24, 2.45) is 0 Å². The first-order valence-electron chi connectivity index (χ1n) is 8.47. The van der Waals surface area contributed by atoms with E-state index in [4.69, 9.17) is 0 Å². The molecule has 0 atom stereocenters. The third-order valence-corrected chi connectivity index (χ3v) is 4.77. The fourth-order valence-electron chi connectivity index (χ4n) is 3.38. The van der Waals surface area contributed by atoms with Crippen LogP contribution in [0.2, 0.25) is 0 Å². The Bertz CT molecular complexity index is 616. The standard InChI is InChI=1S/C15H25N7O2/c1-2-22-14(7-21-11-16-10-17-21)18-19-15(22)12-3-5-20(6-4-12)13(8-23)9-24/h10-13,23-24H,2-9H2,1H3. The zero-order valence-corrected chi connectivity index (χ0v) is 14.0. The fraction of sp³-hybridized carbons (Fsp3) is 0.733. The van der Waals surface area contributed by atoms with Crippen LogP contribution in [0.3, 0.4) is 0 Å². The van der Waals surface area contributed by atoms with Crippen LogP contribution in [-0.2, 0) is 13.1 Å². The van der Waals surface area contributed by atoms with E-state index in [1.54, 1.807) is 11.0 Å². The number of likely N-dealkylation sites (tertiary alicyclic amines) is 1. The van der Waals surface area contributed by atoms with Gasteiger partial charge >= 0.3 is 0 Å². The van der Waals surface area contributed by atoms with Crippen LogP contribution in [0.1, 0.15) is 37.3 Å². The van der Waals surface area contributed by atoms with Gasteiger partial charge in [0.25, 0.3) is 0 Å². The summed E-state index contributed by atoms with van der Waals surface area (Å²) in [4.78, 5) is 6.11. The van der Waals surface area contributed by atoms with Crippen LogP contribution in [0.4, 0.5) is 0 Å². The monoisotopic (exact) mass is 335 g/mol. The normalized spacial score (nSPS) is 17.0. The van der Waals surface area contributed by atoms with Crippen LogP contribution in [0, 0.1) is 0 Å². The Hall–Kier alpha value is -1.84. The second kappa shape index (κ2) is 7.82. The van der Waals surface area contributed by atoms with Crippen LogP contribution in [-0.4, -0.2) is 77.0 Å². The summed E-state index contributed by atoms with van der Waals surface area (Å²) < 4.78 is 3.91. The molecule has 1 saturated heterocycles. The van der Waals surface area contributed by atoms with Crippen molar-refractivity contribution in [2.75, 3.05) is 26.3 Å². The molecule has 0 saturated carbocycles. The minimum absolute atomic E-state index is 0.00559. The van der Waals surface area contributed by atoms with Gasteiger partial charge in [-0.15, -0.1) is 10.2 Å². The van der Waals surface area contributed by atoms with E-state index in [0.717, 1.165) is 44.1 Å². The molecule has 9 nitrogen and oxygen atoms in total. The van der Waals surface area contributed by atoms with E-state index in [0.29, 0.717) is 12.5 Å². The van der Waals surface area contributed by atoms with E-state index in [-0.39, 0.29) is 19.3 Å². The number of nitrogens with zero attached hydrogens (tertiary/aromatic N) is 7. The quantitative estimate of drug-likeness (QED) is 0.701. The average Bonchev–Trinajstić information content (AvgIpc) is 3.26. The molecule has 3 heterocycles. The van der Waals surface area contributed by atoms with Crippen LogP contribution in [0.25, 0.3) is 0 Å². The zero-order chi connectivity index (χ0) is 16.9.